The molecule has 110 valence electrons. The van der Waals surface area contributed by atoms with E-state index in [2.05, 4.69) is 5.32 Å². The molecule has 0 aliphatic rings. The summed E-state index contributed by atoms with van der Waals surface area (Å²) in [4.78, 5) is 23.9. The number of nitrogens with one attached hydrogen (secondary N) is 1. The van der Waals surface area contributed by atoms with E-state index in [0.717, 1.165) is 0 Å². The molecule has 1 atom stereocenters. The maximum Gasteiger partial charge on any atom is 0.220 e. The highest BCUT2D eigenvalue weighted by Gasteiger charge is 2.28. The van der Waals surface area contributed by atoms with Crippen molar-refractivity contribution in [1.29, 1.82) is 0 Å². The van der Waals surface area contributed by atoms with Gasteiger partial charge in [0.25, 0.3) is 0 Å². The molecule has 4 nitrogen and oxygen atoms in total. The lowest BCUT2D eigenvalue weighted by atomic mass is 9.88. The number of nitrogens with two attached hydrogens (primary N) is 1. The SMILES string of the molecule is CC(C)C(C)(CN)NC(=O)CCC(=O)c1ccccc1. The zero-order valence-corrected chi connectivity index (χ0v) is 12.5. The van der Waals surface area contributed by atoms with Gasteiger partial charge in [0.05, 0.1) is 5.54 Å². The third-order valence-electron chi connectivity index (χ3n) is 3.80. The van der Waals surface area contributed by atoms with Crippen molar-refractivity contribution in [3.63, 3.8) is 0 Å². The normalized spacial score (nSPS) is 13.8. The monoisotopic (exact) mass is 276 g/mol. The molecule has 1 unspecified atom stereocenters. The van der Waals surface area contributed by atoms with Crippen molar-refractivity contribution >= 4 is 11.7 Å². The Labute approximate surface area is 120 Å². The van der Waals surface area contributed by atoms with Crippen LogP contribution in [0.1, 0.15) is 44.0 Å². The van der Waals surface area contributed by atoms with Gasteiger partial charge in [0.2, 0.25) is 5.91 Å². The van der Waals surface area contributed by atoms with Crippen LogP contribution in [0.25, 0.3) is 0 Å². The van der Waals surface area contributed by atoms with Crippen molar-refractivity contribution in [3.8, 4) is 0 Å². The fourth-order valence-electron chi connectivity index (χ4n) is 1.81. The highest BCUT2D eigenvalue weighted by Crippen LogP contribution is 2.15. The summed E-state index contributed by atoms with van der Waals surface area (Å²) in [5, 5.41) is 2.93. The molecule has 0 saturated heterocycles. The highest BCUT2D eigenvalue weighted by atomic mass is 16.2. The molecule has 0 bridgehead atoms. The Balaban J connectivity index is 2.50. The van der Waals surface area contributed by atoms with Crippen LogP contribution in [-0.2, 0) is 4.79 Å². The van der Waals surface area contributed by atoms with Crippen LogP contribution in [0.15, 0.2) is 30.3 Å². The van der Waals surface area contributed by atoms with Crippen molar-refractivity contribution < 1.29 is 9.59 Å². The Bertz CT molecular complexity index is 457. The lowest BCUT2D eigenvalue weighted by Crippen LogP contribution is -2.55. The van der Waals surface area contributed by atoms with Crippen molar-refractivity contribution in [3.05, 3.63) is 35.9 Å². The van der Waals surface area contributed by atoms with E-state index in [9.17, 15) is 9.59 Å². The van der Waals surface area contributed by atoms with E-state index in [4.69, 9.17) is 5.73 Å². The average Bonchev–Trinajstić information content (AvgIpc) is 2.45. The van der Waals surface area contributed by atoms with Crippen molar-refractivity contribution in [2.75, 3.05) is 6.54 Å². The van der Waals surface area contributed by atoms with Gasteiger partial charge in [-0.3, -0.25) is 9.59 Å². The molecule has 4 heteroatoms. The number of benzene rings is 1. The standard InChI is InChI=1S/C16H24N2O2/c1-12(2)16(3,11-17)18-15(20)10-9-14(19)13-7-5-4-6-8-13/h4-8,12H,9-11,17H2,1-3H3,(H,18,20). The predicted molar refractivity (Wildman–Crippen MR) is 80.4 cm³/mol. The fraction of sp³-hybridized carbons (Fsp3) is 0.500. The van der Waals surface area contributed by atoms with Gasteiger partial charge >= 0.3 is 0 Å². The summed E-state index contributed by atoms with van der Waals surface area (Å²) in [6.45, 7) is 6.34. The van der Waals surface area contributed by atoms with E-state index < -0.39 is 5.54 Å². The van der Waals surface area contributed by atoms with Gasteiger partial charge in [-0.25, -0.2) is 0 Å². The number of ketones is 1. The van der Waals surface area contributed by atoms with Crippen molar-refractivity contribution in [2.45, 2.75) is 39.2 Å². The zero-order chi connectivity index (χ0) is 15.2. The molecule has 1 aromatic rings. The smallest absolute Gasteiger partial charge is 0.220 e. The van der Waals surface area contributed by atoms with Crippen LogP contribution in [0.3, 0.4) is 0 Å². The summed E-state index contributed by atoms with van der Waals surface area (Å²) in [6.07, 6.45) is 0.407. The van der Waals surface area contributed by atoms with Gasteiger partial charge in [-0.2, -0.15) is 0 Å². The first-order valence-corrected chi connectivity index (χ1v) is 6.98. The van der Waals surface area contributed by atoms with Crippen LogP contribution in [0, 0.1) is 5.92 Å². The van der Waals surface area contributed by atoms with Gasteiger partial charge in [-0.05, 0) is 12.8 Å². The van der Waals surface area contributed by atoms with E-state index in [1.54, 1.807) is 12.1 Å². The summed E-state index contributed by atoms with van der Waals surface area (Å²) in [6, 6.07) is 9.02. The topological polar surface area (TPSA) is 72.2 Å². The predicted octanol–water partition coefficient (Wildman–Crippen LogP) is 2.14. The van der Waals surface area contributed by atoms with E-state index in [1.807, 2.05) is 39.0 Å². The Hall–Kier alpha value is -1.68. The molecular weight excluding hydrogens is 252 g/mol. The second kappa shape index (κ2) is 7.20. The van der Waals surface area contributed by atoms with Gasteiger partial charge in [0.1, 0.15) is 0 Å². The molecule has 0 radical (unpaired) electrons. The van der Waals surface area contributed by atoms with E-state index >= 15 is 0 Å². The molecule has 0 fully saturated rings. The quantitative estimate of drug-likeness (QED) is 0.749. The summed E-state index contributed by atoms with van der Waals surface area (Å²) in [7, 11) is 0. The van der Waals surface area contributed by atoms with Crippen LogP contribution >= 0.6 is 0 Å². The number of hydrogen-bond donors (Lipinski definition) is 2. The molecular formula is C16H24N2O2. The van der Waals surface area contributed by atoms with Crippen molar-refractivity contribution in [1.82, 2.24) is 5.32 Å². The number of Topliss-reactive ketones (excluding diaryl/α,β-unsaturated/α-hetero) is 1. The number of hydrogen-bond acceptors (Lipinski definition) is 3. The first-order chi connectivity index (χ1) is 9.39. The van der Waals surface area contributed by atoms with E-state index in [1.165, 1.54) is 0 Å². The Morgan fingerprint density at radius 3 is 2.30 bits per heavy atom. The van der Waals surface area contributed by atoms with Crippen LogP contribution in [0.4, 0.5) is 0 Å². The van der Waals surface area contributed by atoms with Crippen molar-refractivity contribution in [2.24, 2.45) is 11.7 Å². The summed E-state index contributed by atoms with van der Waals surface area (Å²) < 4.78 is 0. The van der Waals surface area contributed by atoms with Crippen LogP contribution in [0.2, 0.25) is 0 Å². The first kappa shape index (κ1) is 16.4. The van der Waals surface area contributed by atoms with Gasteiger partial charge < -0.3 is 11.1 Å². The molecule has 0 spiro atoms. The van der Waals surface area contributed by atoms with Gasteiger partial charge in [-0.15, -0.1) is 0 Å². The average molecular weight is 276 g/mol. The Morgan fingerprint density at radius 2 is 1.80 bits per heavy atom. The van der Waals surface area contributed by atoms with Crippen LogP contribution in [-0.4, -0.2) is 23.8 Å². The highest BCUT2D eigenvalue weighted by molar-refractivity contribution is 5.97. The summed E-state index contributed by atoms with van der Waals surface area (Å²) in [5.41, 5.74) is 5.94. The second-order valence-corrected chi connectivity index (χ2v) is 5.61. The third kappa shape index (κ3) is 4.46. The molecule has 0 aliphatic heterocycles. The Morgan fingerprint density at radius 1 is 1.20 bits per heavy atom. The largest absolute Gasteiger partial charge is 0.349 e. The van der Waals surface area contributed by atoms with Gasteiger partial charge in [0.15, 0.2) is 5.78 Å². The molecule has 0 aliphatic carbocycles. The number of rotatable bonds is 7. The summed E-state index contributed by atoms with van der Waals surface area (Å²) in [5.74, 6) is 0.0944. The first-order valence-electron chi connectivity index (χ1n) is 6.98. The molecule has 1 aromatic carbocycles. The number of carbonyl (C=O) groups is 2. The third-order valence-corrected chi connectivity index (χ3v) is 3.80. The fourth-order valence-corrected chi connectivity index (χ4v) is 1.81. The number of amides is 1. The molecule has 0 saturated carbocycles. The maximum absolute atomic E-state index is 11.9. The molecule has 20 heavy (non-hydrogen) atoms. The minimum atomic E-state index is -0.424. The molecule has 3 N–H and O–H groups in total. The summed E-state index contributed by atoms with van der Waals surface area (Å²) >= 11 is 0. The lowest BCUT2D eigenvalue weighted by molar-refractivity contribution is -0.123. The minimum absolute atomic E-state index is 0.0141. The lowest BCUT2D eigenvalue weighted by Gasteiger charge is -2.33. The zero-order valence-electron chi connectivity index (χ0n) is 12.5. The molecule has 0 heterocycles. The second-order valence-electron chi connectivity index (χ2n) is 5.61. The van der Waals surface area contributed by atoms with Gasteiger partial charge in [0, 0.05) is 24.9 Å². The Kier molecular flexibility index (Phi) is 5.89. The molecule has 1 rings (SSSR count). The van der Waals surface area contributed by atoms with E-state index in [0.29, 0.717) is 12.1 Å². The maximum atomic E-state index is 11.9. The minimum Gasteiger partial charge on any atom is -0.349 e. The molecule has 1 amide bonds. The number of carbonyl (C=O) groups excluding carboxylic acids is 2. The molecule has 0 aromatic heterocycles. The van der Waals surface area contributed by atoms with E-state index in [-0.39, 0.29) is 30.4 Å². The van der Waals surface area contributed by atoms with Crippen LogP contribution in [0.5, 0.6) is 0 Å². The van der Waals surface area contributed by atoms with Gasteiger partial charge in [-0.1, -0.05) is 44.2 Å². The van der Waals surface area contributed by atoms with Crippen LogP contribution < -0.4 is 11.1 Å².